The van der Waals surface area contributed by atoms with E-state index >= 15 is 0 Å². The molecule has 24 heavy (non-hydrogen) atoms. The zero-order valence-corrected chi connectivity index (χ0v) is 16.9. The van der Waals surface area contributed by atoms with E-state index in [4.69, 9.17) is 9.05 Å². The predicted octanol–water partition coefficient (Wildman–Crippen LogP) is 5.51. The monoisotopic (exact) mass is 354 g/mol. The van der Waals surface area contributed by atoms with Gasteiger partial charge >= 0.3 is 7.60 Å². The van der Waals surface area contributed by atoms with Crippen LogP contribution < -0.4 is 0 Å². The van der Waals surface area contributed by atoms with Gasteiger partial charge in [0.05, 0.1) is 18.9 Å². The summed E-state index contributed by atoms with van der Waals surface area (Å²) in [6, 6.07) is 3.88. The third-order valence-electron chi connectivity index (χ3n) is 4.31. The molecule has 1 saturated heterocycles. The first-order chi connectivity index (χ1) is 10.8. The van der Waals surface area contributed by atoms with E-state index < -0.39 is 7.60 Å². The molecule has 0 amide bonds. The zero-order chi connectivity index (χ0) is 18.3. The van der Waals surface area contributed by atoms with Gasteiger partial charge in [-0.15, -0.1) is 0 Å². The molecule has 4 nitrogen and oxygen atoms in total. The molecule has 0 bridgehead atoms. The fraction of sp³-hybridized carbons (Fsp3) is 0.684. The molecule has 1 aromatic rings. The van der Waals surface area contributed by atoms with Crippen LogP contribution in [0.4, 0.5) is 0 Å². The van der Waals surface area contributed by atoms with Crippen molar-refractivity contribution in [3.63, 3.8) is 0 Å². The standard InChI is InChI=1S/C19H31O4P/c1-13-8-9-22-24(21,23-13)12-14-10-15(18(2,3)4)17(20)16(11-14)19(5,6)7/h10-11,13,20H,8-9,12H2,1-7H3. The van der Waals surface area contributed by atoms with Gasteiger partial charge < -0.3 is 14.2 Å². The largest absolute Gasteiger partial charge is 0.507 e. The molecule has 0 radical (unpaired) electrons. The molecule has 136 valence electrons. The van der Waals surface area contributed by atoms with Gasteiger partial charge in [0, 0.05) is 0 Å². The van der Waals surface area contributed by atoms with Gasteiger partial charge in [-0.1, -0.05) is 53.7 Å². The summed E-state index contributed by atoms with van der Waals surface area (Å²) in [7, 11) is -3.13. The predicted molar refractivity (Wildman–Crippen MR) is 97.9 cm³/mol. The number of aromatic hydroxyl groups is 1. The number of benzene rings is 1. The van der Waals surface area contributed by atoms with E-state index in [1.807, 2.05) is 19.1 Å². The van der Waals surface area contributed by atoms with E-state index in [2.05, 4.69) is 41.5 Å². The topological polar surface area (TPSA) is 55.8 Å². The molecule has 2 unspecified atom stereocenters. The van der Waals surface area contributed by atoms with Gasteiger partial charge in [0.25, 0.3) is 0 Å². The Labute approximate surface area is 146 Å². The molecular formula is C19H31O4P. The third kappa shape index (κ3) is 4.41. The van der Waals surface area contributed by atoms with E-state index in [1.54, 1.807) is 0 Å². The average molecular weight is 354 g/mol. The first kappa shape index (κ1) is 19.5. The molecule has 0 saturated carbocycles. The zero-order valence-electron chi connectivity index (χ0n) is 16.0. The van der Waals surface area contributed by atoms with Crippen molar-refractivity contribution in [1.82, 2.24) is 0 Å². The van der Waals surface area contributed by atoms with E-state index in [1.165, 1.54) is 0 Å². The van der Waals surface area contributed by atoms with Crippen LogP contribution in [0.15, 0.2) is 12.1 Å². The Kier molecular flexibility index (Phi) is 5.26. The maximum Gasteiger partial charge on any atom is 0.335 e. The molecule has 1 fully saturated rings. The summed E-state index contributed by atoms with van der Waals surface area (Å²) < 4.78 is 24.0. The number of rotatable bonds is 2. The highest BCUT2D eigenvalue weighted by Gasteiger charge is 2.34. The maximum atomic E-state index is 12.9. The lowest BCUT2D eigenvalue weighted by Crippen LogP contribution is -2.20. The first-order valence-corrected chi connectivity index (χ1v) is 10.3. The van der Waals surface area contributed by atoms with E-state index in [0.717, 1.165) is 23.1 Å². The fourth-order valence-electron chi connectivity index (χ4n) is 2.95. The molecule has 1 aliphatic heterocycles. The lowest BCUT2D eigenvalue weighted by molar-refractivity contribution is 0.0916. The van der Waals surface area contributed by atoms with Gasteiger partial charge in [0.1, 0.15) is 5.75 Å². The normalized spacial score (nSPS) is 25.7. The van der Waals surface area contributed by atoms with Crippen molar-refractivity contribution in [3.8, 4) is 5.75 Å². The summed E-state index contributed by atoms with van der Waals surface area (Å²) in [6.07, 6.45) is 0.954. The summed E-state index contributed by atoms with van der Waals surface area (Å²) in [5, 5.41) is 10.8. The van der Waals surface area contributed by atoms with Crippen LogP contribution in [0.2, 0.25) is 0 Å². The van der Waals surface area contributed by atoms with Crippen LogP contribution in [0.1, 0.15) is 71.6 Å². The van der Waals surface area contributed by atoms with Gasteiger partial charge in [-0.25, -0.2) is 0 Å². The van der Waals surface area contributed by atoms with Crippen molar-refractivity contribution >= 4 is 7.60 Å². The van der Waals surface area contributed by atoms with Gasteiger partial charge in [0.2, 0.25) is 0 Å². The summed E-state index contributed by atoms with van der Waals surface area (Å²) in [5.74, 6) is 0.330. The van der Waals surface area contributed by atoms with Crippen molar-refractivity contribution in [2.24, 2.45) is 0 Å². The Morgan fingerprint density at radius 3 is 2.04 bits per heavy atom. The number of phenolic OH excluding ortho intramolecular Hbond substituents is 1. The van der Waals surface area contributed by atoms with Crippen LogP contribution in [0.25, 0.3) is 0 Å². The van der Waals surface area contributed by atoms with Crippen molar-refractivity contribution in [2.45, 2.75) is 78.0 Å². The van der Waals surface area contributed by atoms with Crippen LogP contribution in [0, 0.1) is 0 Å². The summed E-state index contributed by atoms with van der Waals surface area (Å²) in [6.45, 7) is 14.8. The highest BCUT2D eigenvalue weighted by Crippen LogP contribution is 2.56. The minimum absolute atomic E-state index is 0.0501. The van der Waals surface area contributed by atoms with Crippen LogP contribution in [-0.2, 0) is 30.6 Å². The molecule has 1 aromatic carbocycles. The Morgan fingerprint density at radius 1 is 1.12 bits per heavy atom. The van der Waals surface area contributed by atoms with E-state index in [9.17, 15) is 9.67 Å². The first-order valence-electron chi connectivity index (χ1n) is 8.61. The Bertz CT molecular complexity index is 617. The van der Waals surface area contributed by atoms with Gasteiger partial charge in [0.15, 0.2) is 0 Å². The SMILES string of the molecule is CC1CCOP(=O)(Cc2cc(C(C)(C)C)c(O)c(C(C)(C)C)c2)O1. The fourth-order valence-corrected chi connectivity index (χ4v) is 4.84. The Balaban J connectivity index is 2.49. The highest BCUT2D eigenvalue weighted by molar-refractivity contribution is 7.53. The summed E-state index contributed by atoms with van der Waals surface area (Å²) in [5.41, 5.74) is 2.19. The molecule has 5 heteroatoms. The van der Waals surface area contributed by atoms with Crippen LogP contribution >= 0.6 is 7.60 Å². The summed E-state index contributed by atoms with van der Waals surface area (Å²) >= 11 is 0. The highest BCUT2D eigenvalue weighted by atomic mass is 31.2. The van der Waals surface area contributed by atoms with Crippen LogP contribution in [-0.4, -0.2) is 17.8 Å². The quantitative estimate of drug-likeness (QED) is 0.712. The molecule has 1 N–H and O–H groups in total. The molecular weight excluding hydrogens is 323 g/mol. The van der Waals surface area contributed by atoms with Gasteiger partial charge in [-0.2, -0.15) is 0 Å². The molecule has 0 aliphatic carbocycles. The third-order valence-corrected chi connectivity index (χ3v) is 6.32. The van der Waals surface area contributed by atoms with Gasteiger partial charge in [-0.05, 0) is 40.9 Å². The molecule has 1 aliphatic rings. The summed E-state index contributed by atoms with van der Waals surface area (Å²) in [4.78, 5) is 0. The van der Waals surface area contributed by atoms with Crippen molar-refractivity contribution in [1.29, 1.82) is 0 Å². The maximum absolute atomic E-state index is 12.9. The van der Waals surface area contributed by atoms with Crippen molar-refractivity contribution in [3.05, 3.63) is 28.8 Å². The molecule has 2 atom stereocenters. The van der Waals surface area contributed by atoms with E-state index in [-0.39, 0.29) is 23.1 Å². The molecule has 2 rings (SSSR count). The lowest BCUT2D eigenvalue weighted by atomic mass is 9.78. The second-order valence-electron chi connectivity index (χ2n) is 8.85. The van der Waals surface area contributed by atoms with Crippen LogP contribution in [0.5, 0.6) is 5.75 Å². The van der Waals surface area contributed by atoms with Gasteiger partial charge in [-0.3, -0.25) is 4.57 Å². The minimum atomic E-state index is -3.13. The smallest absolute Gasteiger partial charge is 0.335 e. The minimum Gasteiger partial charge on any atom is -0.507 e. The average Bonchev–Trinajstić information content (AvgIpc) is 2.37. The molecule has 0 spiro atoms. The molecule has 0 aromatic heterocycles. The Hall–Kier alpha value is -0.830. The second kappa shape index (κ2) is 6.48. The second-order valence-corrected chi connectivity index (χ2v) is 10.9. The van der Waals surface area contributed by atoms with Crippen molar-refractivity contribution < 1.29 is 18.7 Å². The van der Waals surface area contributed by atoms with Crippen molar-refractivity contribution in [2.75, 3.05) is 6.61 Å². The van der Waals surface area contributed by atoms with Crippen LogP contribution in [0.3, 0.4) is 0 Å². The number of hydrogen-bond acceptors (Lipinski definition) is 4. The number of phenols is 1. The Morgan fingerprint density at radius 2 is 1.62 bits per heavy atom. The number of hydrogen-bond donors (Lipinski definition) is 1. The lowest BCUT2D eigenvalue weighted by Gasteiger charge is -2.30. The van der Waals surface area contributed by atoms with E-state index in [0.29, 0.717) is 12.4 Å². The molecule has 1 heterocycles.